The molecule has 0 bridgehead atoms. The first kappa shape index (κ1) is 14.6. The molecule has 0 unspecified atom stereocenters. The second-order valence-corrected chi connectivity index (χ2v) is 4.37. The average Bonchev–Trinajstić information content (AvgIpc) is 2.53. The van der Waals surface area contributed by atoms with Gasteiger partial charge < -0.3 is 15.2 Å². The molecular formula is C16H15NO4. The minimum Gasteiger partial charge on any atom is -0.487 e. The maximum atomic E-state index is 11.4. The lowest BCUT2D eigenvalue weighted by molar-refractivity contribution is -0.131. The largest absolute Gasteiger partial charge is 0.487 e. The van der Waals surface area contributed by atoms with Gasteiger partial charge in [0.05, 0.1) is 5.69 Å². The number of carboxylic acids is 1. The zero-order chi connectivity index (χ0) is 15.2. The third-order valence-corrected chi connectivity index (χ3v) is 2.94. The molecule has 21 heavy (non-hydrogen) atoms. The van der Waals surface area contributed by atoms with E-state index in [1.165, 1.54) is 12.1 Å². The maximum absolute atomic E-state index is 11.4. The molecule has 0 saturated carbocycles. The van der Waals surface area contributed by atoms with Gasteiger partial charge in [-0.15, -0.1) is 0 Å². The zero-order valence-electron chi connectivity index (χ0n) is 11.5. The molecule has 5 nitrogen and oxygen atoms in total. The van der Waals surface area contributed by atoms with Gasteiger partial charge in [-0.2, -0.15) is 0 Å². The van der Waals surface area contributed by atoms with Gasteiger partial charge in [-0.05, 0) is 23.8 Å². The van der Waals surface area contributed by atoms with Gasteiger partial charge in [0, 0.05) is 12.6 Å². The number of ether oxygens (including phenoxy) is 1. The average molecular weight is 285 g/mol. The summed E-state index contributed by atoms with van der Waals surface area (Å²) in [7, 11) is 1.68. The maximum Gasteiger partial charge on any atom is 0.377 e. The summed E-state index contributed by atoms with van der Waals surface area (Å²) in [5.74, 6) is -1.86. The Bertz CT molecular complexity index is 653. The number of hydrogen-bond donors (Lipinski definition) is 2. The SMILES string of the molecule is CNc1cc(C(=O)C(=O)O)ccc1OCc1ccccc1. The molecular weight excluding hydrogens is 270 g/mol. The Hall–Kier alpha value is -2.82. The van der Waals surface area contributed by atoms with Crippen LogP contribution >= 0.6 is 0 Å². The number of carboxylic acid groups (broad SMARTS) is 1. The Morgan fingerprint density at radius 1 is 1.14 bits per heavy atom. The molecule has 0 fully saturated rings. The molecule has 0 aromatic heterocycles. The van der Waals surface area contributed by atoms with E-state index in [2.05, 4.69) is 5.32 Å². The van der Waals surface area contributed by atoms with Crippen LogP contribution in [-0.2, 0) is 11.4 Å². The van der Waals surface area contributed by atoms with E-state index in [1.54, 1.807) is 13.1 Å². The van der Waals surface area contributed by atoms with Crippen LogP contribution in [0.2, 0.25) is 0 Å². The van der Waals surface area contributed by atoms with E-state index in [-0.39, 0.29) is 5.56 Å². The highest BCUT2D eigenvalue weighted by molar-refractivity contribution is 6.40. The van der Waals surface area contributed by atoms with Crippen LogP contribution in [-0.4, -0.2) is 23.9 Å². The number of aliphatic carboxylic acids is 1. The van der Waals surface area contributed by atoms with Gasteiger partial charge in [-0.3, -0.25) is 4.79 Å². The Balaban J connectivity index is 2.17. The second-order valence-electron chi connectivity index (χ2n) is 4.37. The molecule has 2 aromatic rings. The molecule has 0 aliphatic heterocycles. The fourth-order valence-corrected chi connectivity index (χ4v) is 1.85. The quantitative estimate of drug-likeness (QED) is 0.630. The van der Waals surface area contributed by atoms with Gasteiger partial charge in [0.25, 0.3) is 5.78 Å². The molecule has 2 aromatic carbocycles. The van der Waals surface area contributed by atoms with Gasteiger partial charge in [0.15, 0.2) is 0 Å². The van der Waals surface area contributed by atoms with Crippen LogP contribution in [0.25, 0.3) is 0 Å². The first-order valence-electron chi connectivity index (χ1n) is 6.38. The molecule has 5 heteroatoms. The molecule has 0 spiro atoms. The molecule has 0 saturated heterocycles. The fourth-order valence-electron chi connectivity index (χ4n) is 1.85. The predicted molar refractivity (Wildman–Crippen MR) is 78.7 cm³/mol. The summed E-state index contributed by atoms with van der Waals surface area (Å²) in [4.78, 5) is 22.1. The minimum absolute atomic E-state index is 0.110. The number of hydrogen-bond acceptors (Lipinski definition) is 4. The molecule has 0 atom stereocenters. The first-order valence-corrected chi connectivity index (χ1v) is 6.38. The topological polar surface area (TPSA) is 75.6 Å². The van der Waals surface area contributed by atoms with Gasteiger partial charge in [0.1, 0.15) is 12.4 Å². The predicted octanol–water partition coefficient (Wildman–Crippen LogP) is 2.57. The van der Waals surface area contributed by atoms with Crippen LogP contribution in [0.5, 0.6) is 5.75 Å². The Morgan fingerprint density at radius 3 is 2.48 bits per heavy atom. The summed E-state index contributed by atoms with van der Waals surface area (Å²) in [6, 6.07) is 14.2. The van der Waals surface area contributed by atoms with Crippen molar-refractivity contribution >= 4 is 17.4 Å². The first-order chi connectivity index (χ1) is 10.1. The van der Waals surface area contributed by atoms with Gasteiger partial charge in [0.2, 0.25) is 0 Å². The molecule has 2 N–H and O–H groups in total. The van der Waals surface area contributed by atoms with Gasteiger partial charge in [-0.1, -0.05) is 30.3 Å². The number of benzene rings is 2. The summed E-state index contributed by atoms with van der Waals surface area (Å²) in [6.07, 6.45) is 0. The fraction of sp³-hybridized carbons (Fsp3) is 0.125. The summed E-state index contributed by atoms with van der Waals surface area (Å²) >= 11 is 0. The highest BCUT2D eigenvalue weighted by Crippen LogP contribution is 2.26. The number of carbonyl (C=O) groups excluding carboxylic acids is 1. The van der Waals surface area contributed by atoms with Gasteiger partial charge >= 0.3 is 5.97 Å². The van der Waals surface area contributed by atoms with Crippen LogP contribution < -0.4 is 10.1 Å². The molecule has 2 rings (SSSR count). The number of ketones is 1. The third kappa shape index (κ3) is 3.60. The van der Waals surface area contributed by atoms with Crippen molar-refractivity contribution in [3.05, 3.63) is 59.7 Å². The Morgan fingerprint density at radius 2 is 1.86 bits per heavy atom. The van der Waals surface area contributed by atoms with Crippen molar-refractivity contribution < 1.29 is 19.4 Å². The molecule has 0 amide bonds. The summed E-state index contributed by atoms with van der Waals surface area (Å²) in [6.45, 7) is 0.391. The molecule has 108 valence electrons. The van der Waals surface area contributed by atoms with E-state index in [0.29, 0.717) is 18.0 Å². The van der Waals surface area contributed by atoms with Crippen molar-refractivity contribution in [2.45, 2.75) is 6.61 Å². The number of rotatable bonds is 6. The second kappa shape index (κ2) is 6.56. The number of carbonyl (C=O) groups is 2. The van der Waals surface area contributed by atoms with E-state index in [9.17, 15) is 9.59 Å². The van der Waals surface area contributed by atoms with E-state index in [1.807, 2.05) is 30.3 Å². The summed E-state index contributed by atoms with van der Waals surface area (Å²) < 4.78 is 5.69. The van der Waals surface area contributed by atoms with Crippen molar-refractivity contribution in [2.75, 3.05) is 12.4 Å². The van der Waals surface area contributed by atoms with E-state index >= 15 is 0 Å². The van der Waals surface area contributed by atoms with Crippen LogP contribution in [0.4, 0.5) is 5.69 Å². The van der Waals surface area contributed by atoms with Crippen LogP contribution in [0.15, 0.2) is 48.5 Å². The summed E-state index contributed by atoms with van der Waals surface area (Å²) in [5, 5.41) is 11.6. The lowest BCUT2D eigenvalue weighted by atomic mass is 10.1. The number of nitrogens with one attached hydrogen (secondary N) is 1. The van der Waals surface area contributed by atoms with E-state index in [0.717, 1.165) is 5.56 Å². The molecule has 0 radical (unpaired) electrons. The highest BCUT2D eigenvalue weighted by Gasteiger charge is 2.16. The highest BCUT2D eigenvalue weighted by atomic mass is 16.5. The van der Waals surface area contributed by atoms with Crippen LogP contribution in [0, 0.1) is 0 Å². The van der Waals surface area contributed by atoms with Crippen molar-refractivity contribution in [3.8, 4) is 5.75 Å². The molecule has 0 aliphatic carbocycles. The Kier molecular flexibility index (Phi) is 4.56. The Labute approximate surface area is 122 Å². The van der Waals surface area contributed by atoms with E-state index in [4.69, 9.17) is 9.84 Å². The third-order valence-electron chi connectivity index (χ3n) is 2.94. The van der Waals surface area contributed by atoms with Crippen LogP contribution in [0.1, 0.15) is 15.9 Å². The lowest BCUT2D eigenvalue weighted by Crippen LogP contribution is -2.13. The minimum atomic E-state index is -1.48. The number of anilines is 1. The van der Waals surface area contributed by atoms with Crippen molar-refractivity contribution in [3.63, 3.8) is 0 Å². The monoisotopic (exact) mass is 285 g/mol. The van der Waals surface area contributed by atoms with Crippen molar-refractivity contribution in [1.29, 1.82) is 0 Å². The standard InChI is InChI=1S/C16H15NO4/c1-17-13-9-12(15(18)16(19)20)7-8-14(13)21-10-11-5-3-2-4-6-11/h2-9,17H,10H2,1H3,(H,19,20). The normalized spacial score (nSPS) is 9.95. The lowest BCUT2D eigenvalue weighted by Gasteiger charge is -2.12. The zero-order valence-corrected chi connectivity index (χ0v) is 11.5. The molecule has 0 heterocycles. The van der Waals surface area contributed by atoms with Crippen molar-refractivity contribution in [1.82, 2.24) is 0 Å². The van der Waals surface area contributed by atoms with Crippen molar-refractivity contribution in [2.24, 2.45) is 0 Å². The van der Waals surface area contributed by atoms with E-state index < -0.39 is 11.8 Å². The van der Waals surface area contributed by atoms with Gasteiger partial charge in [-0.25, -0.2) is 4.79 Å². The van der Waals surface area contributed by atoms with Crippen LogP contribution in [0.3, 0.4) is 0 Å². The number of Topliss-reactive ketones (excluding diaryl/α,β-unsaturated/α-hetero) is 1. The smallest absolute Gasteiger partial charge is 0.377 e. The summed E-state index contributed by atoms with van der Waals surface area (Å²) in [5.41, 5.74) is 1.70. The molecule has 0 aliphatic rings.